The van der Waals surface area contributed by atoms with Crippen LogP contribution in [0.25, 0.3) is 0 Å². The second-order valence-electron chi connectivity index (χ2n) is 3.51. The highest BCUT2D eigenvalue weighted by molar-refractivity contribution is 7.09. The Bertz CT molecular complexity index is 267. The Hall–Kier alpha value is -0.830. The molecule has 0 unspecified atom stereocenters. The van der Waals surface area contributed by atoms with Crippen LogP contribution in [0.4, 0.5) is 0 Å². The Morgan fingerprint density at radius 2 is 2.33 bits per heavy atom. The molecule has 0 atom stereocenters. The van der Waals surface area contributed by atoms with E-state index >= 15 is 0 Å². The van der Waals surface area contributed by atoms with Crippen LogP contribution in [-0.2, 0) is 16.0 Å². The number of unbranched alkanes of at least 4 members (excludes halogenated alkanes) is 2. The van der Waals surface area contributed by atoms with Gasteiger partial charge in [-0.3, -0.25) is 4.79 Å². The Balaban J connectivity index is 2.04. The van der Waals surface area contributed by atoms with E-state index in [1.807, 2.05) is 11.4 Å². The van der Waals surface area contributed by atoms with Gasteiger partial charge in [0.05, 0.1) is 13.0 Å². The molecule has 3 heteroatoms. The fourth-order valence-corrected chi connectivity index (χ4v) is 2.00. The number of carbonyl (C=O) groups excluding carboxylic acids is 1. The Morgan fingerprint density at radius 3 is 3.00 bits per heavy atom. The van der Waals surface area contributed by atoms with E-state index in [1.165, 1.54) is 4.88 Å². The van der Waals surface area contributed by atoms with Gasteiger partial charge in [-0.1, -0.05) is 25.8 Å². The molecule has 0 aliphatic rings. The van der Waals surface area contributed by atoms with Crippen LogP contribution in [0.5, 0.6) is 0 Å². The van der Waals surface area contributed by atoms with Crippen LogP contribution in [0.3, 0.4) is 0 Å². The zero-order chi connectivity index (χ0) is 10.9. The molecule has 0 bridgehead atoms. The molecule has 0 saturated carbocycles. The van der Waals surface area contributed by atoms with Crippen molar-refractivity contribution in [1.29, 1.82) is 0 Å². The maximum Gasteiger partial charge on any atom is 0.306 e. The largest absolute Gasteiger partial charge is 0.466 e. The number of ether oxygens (including phenoxy) is 1. The minimum Gasteiger partial charge on any atom is -0.466 e. The van der Waals surface area contributed by atoms with E-state index in [0.717, 1.165) is 25.7 Å². The molecule has 0 fully saturated rings. The summed E-state index contributed by atoms with van der Waals surface area (Å²) in [4.78, 5) is 12.5. The highest BCUT2D eigenvalue weighted by Gasteiger charge is 2.03. The molecule has 0 saturated heterocycles. The fourth-order valence-electron chi connectivity index (χ4n) is 1.29. The van der Waals surface area contributed by atoms with Crippen LogP contribution in [0.2, 0.25) is 0 Å². The first kappa shape index (κ1) is 12.2. The quantitative estimate of drug-likeness (QED) is 0.526. The number of esters is 1. The van der Waals surface area contributed by atoms with E-state index in [1.54, 1.807) is 11.3 Å². The van der Waals surface area contributed by atoms with Gasteiger partial charge in [-0.15, -0.1) is 11.3 Å². The predicted molar refractivity (Wildman–Crippen MR) is 63.1 cm³/mol. The summed E-state index contributed by atoms with van der Waals surface area (Å²) in [5.74, 6) is -0.0699. The van der Waals surface area contributed by atoms with E-state index in [2.05, 4.69) is 13.0 Å². The van der Waals surface area contributed by atoms with E-state index in [0.29, 0.717) is 13.0 Å². The first-order valence-electron chi connectivity index (χ1n) is 5.51. The molecule has 1 heterocycles. The third-order valence-electron chi connectivity index (χ3n) is 2.17. The van der Waals surface area contributed by atoms with E-state index in [9.17, 15) is 4.79 Å². The third-order valence-corrected chi connectivity index (χ3v) is 3.10. The van der Waals surface area contributed by atoms with Crippen molar-refractivity contribution in [3.05, 3.63) is 22.4 Å². The SMILES string of the molecule is CCCCCOC(=O)CCc1cccs1. The average molecular weight is 226 g/mol. The summed E-state index contributed by atoms with van der Waals surface area (Å²) < 4.78 is 5.11. The van der Waals surface area contributed by atoms with Gasteiger partial charge < -0.3 is 4.74 Å². The highest BCUT2D eigenvalue weighted by atomic mass is 32.1. The lowest BCUT2D eigenvalue weighted by Gasteiger charge is -2.03. The van der Waals surface area contributed by atoms with Crippen molar-refractivity contribution in [3.63, 3.8) is 0 Å². The molecule has 0 aromatic carbocycles. The molecule has 1 aromatic heterocycles. The molecule has 2 nitrogen and oxygen atoms in total. The van der Waals surface area contributed by atoms with Gasteiger partial charge in [-0.2, -0.15) is 0 Å². The predicted octanol–water partition coefficient (Wildman–Crippen LogP) is 3.41. The second-order valence-corrected chi connectivity index (χ2v) is 4.54. The fraction of sp³-hybridized carbons (Fsp3) is 0.583. The number of hydrogen-bond donors (Lipinski definition) is 0. The lowest BCUT2D eigenvalue weighted by atomic mass is 10.2. The summed E-state index contributed by atoms with van der Waals surface area (Å²) >= 11 is 1.69. The van der Waals surface area contributed by atoms with Crippen LogP contribution in [0, 0.1) is 0 Å². The minimum absolute atomic E-state index is 0.0699. The van der Waals surface area contributed by atoms with Crippen molar-refractivity contribution in [2.75, 3.05) is 6.61 Å². The van der Waals surface area contributed by atoms with Gasteiger partial charge in [0.25, 0.3) is 0 Å². The first-order valence-corrected chi connectivity index (χ1v) is 6.39. The molecule has 1 aromatic rings. The van der Waals surface area contributed by atoms with Crippen molar-refractivity contribution in [2.24, 2.45) is 0 Å². The van der Waals surface area contributed by atoms with Gasteiger partial charge in [0.15, 0.2) is 0 Å². The maximum absolute atomic E-state index is 11.3. The van der Waals surface area contributed by atoms with E-state index in [4.69, 9.17) is 4.74 Å². The molecule has 0 radical (unpaired) electrons. The smallest absolute Gasteiger partial charge is 0.306 e. The van der Waals surface area contributed by atoms with Gasteiger partial charge in [0, 0.05) is 4.88 Å². The molecule has 0 spiro atoms. The molecule has 0 aliphatic heterocycles. The average Bonchev–Trinajstić information content (AvgIpc) is 2.74. The summed E-state index contributed by atoms with van der Waals surface area (Å²) in [6.45, 7) is 2.72. The molecule has 0 amide bonds. The van der Waals surface area contributed by atoms with Gasteiger partial charge in [-0.25, -0.2) is 0 Å². The molecular formula is C12H18O2S. The van der Waals surface area contributed by atoms with Crippen molar-refractivity contribution in [1.82, 2.24) is 0 Å². The summed E-state index contributed by atoms with van der Waals surface area (Å²) in [6.07, 6.45) is 4.60. The molecular weight excluding hydrogens is 208 g/mol. The number of thiophene rings is 1. The van der Waals surface area contributed by atoms with E-state index in [-0.39, 0.29) is 5.97 Å². The lowest BCUT2D eigenvalue weighted by molar-refractivity contribution is -0.143. The monoisotopic (exact) mass is 226 g/mol. The lowest BCUT2D eigenvalue weighted by Crippen LogP contribution is -2.06. The Labute approximate surface area is 95.3 Å². The van der Waals surface area contributed by atoms with Crippen molar-refractivity contribution in [3.8, 4) is 0 Å². The van der Waals surface area contributed by atoms with Crippen molar-refractivity contribution >= 4 is 17.3 Å². The van der Waals surface area contributed by atoms with E-state index < -0.39 is 0 Å². The van der Waals surface area contributed by atoms with Crippen LogP contribution in [0.1, 0.15) is 37.5 Å². The molecule has 84 valence electrons. The molecule has 0 aliphatic carbocycles. The van der Waals surface area contributed by atoms with Gasteiger partial charge >= 0.3 is 5.97 Å². The third kappa shape index (κ3) is 5.57. The first-order chi connectivity index (χ1) is 7.33. The minimum atomic E-state index is -0.0699. The van der Waals surface area contributed by atoms with Crippen LogP contribution in [0.15, 0.2) is 17.5 Å². The Kier molecular flexibility index (Phi) is 6.09. The zero-order valence-electron chi connectivity index (χ0n) is 9.20. The van der Waals surface area contributed by atoms with Crippen molar-refractivity contribution in [2.45, 2.75) is 39.0 Å². The summed E-state index contributed by atoms with van der Waals surface area (Å²) in [5.41, 5.74) is 0. The summed E-state index contributed by atoms with van der Waals surface area (Å²) in [6, 6.07) is 4.06. The highest BCUT2D eigenvalue weighted by Crippen LogP contribution is 2.11. The maximum atomic E-state index is 11.3. The standard InChI is InChI=1S/C12H18O2S/c1-2-3-4-9-14-12(13)8-7-11-6-5-10-15-11/h5-6,10H,2-4,7-9H2,1H3. The molecule has 0 N–H and O–H groups in total. The molecule has 15 heavy (non-hydrogen) atoms. The number of carbonyl (C=O) groups is 1. The second kappa shape index (κ2) is 7.46. The topological polar surface area (TPSA) is 26.3 Å². The van der Waals surface area contributed by atoms with Crippen LogP contribution < -0.4 is 0 Å². The van der Waals surface area contributed by atoms with Crippen molar-refractivity contribution < 1.29 is 9.53 Å². The number of hydrogen-bond acceptors (Lipinski definition) is 3. The summed E-state index contributed by atoms with van der Waals surface area (Å²) in [5, 5.41) is 2.03. The van der Waals surface area contributed by atoms with Gasteiger partial charge in [0.1, 0.15) is 0 Å². The van der Waals surface area contributed by atoms with Gasteiger partial charge in [-0.05, 0) is 24.3 Å². The zero-order valence-corrected chi connectivity index (χ0v) is 10.0. The summed E-state index contributed by atoms with van der Waals surface area (Å²) in [7, 11) is 0. The Morgan fingerprint density at radius 1 is 1.47 bits per heavy atom. The normalized spacial score (nSPS) is 10.2. The van der Waals surface area contributed by atoms with Gasteiger partial charge in [0.2, 0.25) is 0 Å². The number of aryl methyl sites for hydroxylation is 1. The van der Waals surface area contributed by atoms with Crippen LogP contribution in [-0.4, -0.2) is 12.6 Å². The number of rotatable bonds is 7. The molecule has 1 rings (SSSR count). The van der Waals surface area contributed by atoms with Crippen LogP contribution >= 0.6 is 11.3 Å².